The van der Waals surface area contributed by atoms with Gasteiger partial charge < -0.3 is 4.74 Å². The van der Waals surface area contributed by atoms with Crippen molar-refractivity contribution in [1.82, 2.24) is 4.98 Å². The minimum Gasteiger partial charge on any atom is -0.483 e. The normalized spacial score (nSPS) is 10.8. The van der Waals surface area contributed by atoms with E-state index in [-0.39, 0.29) is 12.4 Å². The van der Waals surface area contributed by atoms with Crippen LogP contribution in [0.15, 0.2) is 35.5 Å². The lowest BCUT2D eigenvalue weighted by atomic mass is 10.1. The van der Waals surface area contributed by atoms with Crippen LogP contribution in [-0.4, -0.2) is 10.7 Å². The highest BCUT2D eigenvalue weighted by molar-refractivity contribution is 7.99. The van der Waals surface area contributed by atoms with E-state index in [0.717, 1.165) is 29.2 Å². The third-order valence-corrected chi connectivity index (χ3v) is 4.52. The van der Waals surface area contributed by atoms with Crippen molar-refractivity contribution in [3.8, 4) is 5.75 Å². The minimum absolute atomic E-state index is 0.0981. The second-order valence-electron chi connectivity index (χ2n) is 5.24. The van der Waals surface area contributed by atoms with E-state index < -0.39 is 11.6 Å². The van der Waals surface area contributed by atoms with Gasteiger partial charge in [-0.25, -0.2) is 13.8 Å². The van der Waals surface area contributed by atoms with Crippen molar-refractivity contribution >= 4 is 11.8 Å². The Morgan fingerprint density at radius 2 is 1.87 bits per heavy atom. The van der Waals surface area contributed by atoms with Crippen LogP contribution >= 0.6 is 11.8 Å². The molecule has 1 aromatic carbocycles. The Balaban J connectivity index is 2.12. The predicted molar refractivity (Wildman–Crippen MR) is 89.9 cm³/mol. The maximum absolute atomic E-state index is 14.1. The molecule has 2 nitrogen and oxygen atoms in total. The number of hydrogen-bond acceptors (Lipinski definition) is 3. The molecule has 1 aromatic heterocycles. The highest BCUT2D eigenvalue weighted by Crippen LogP contribution is 2.27. The summed E-state index contributed by atoms with van der Waals surface area (Å²) in [7, 11) is 0. The summed E-state index contributed by atoms with van der Waals surface area (Å²) in [4.78, 5) is 4.31. The molecule has 0 amide bonds. The molecular formula is C18H21F2NOS. The fraction of sp³-hybridized carbons (Fsp3) is 0.389. The summed E-state index contributed by atoms with van der Waals surface area (Å²) in [6, 6.07) is 6.35. The van der Waals surface area contributed by atoms with Crippen molar-refractivity contribution in [3.05, 3.63) is 53.2 Å². The topological polar surface area (TPSA) is 22.1 Å². The standard InChI is InChI=1S/C18H21F2NOS/c1-3-6-13-10-15(19)17(16(20)11-13)22-12-14-7-5-8-21-18(14)23-9-4-2/h5,7-8,10-11H,3-4,6,9,12H2,1-2H3. The molecule has 0 bridgehead atoms. The van der Waals surface area contributed by atoms with Gasteiger partial charge in [0.2, 0.25) is 0 Å². The zero-order valence-electron chi connectivity index (χ0n) is 13.4. The molecule has 0 N–H and O–H groups in total. The molecule has 5 heteroatoms. The van der Waals surface area contributed by atoms with E-state index in [1.54, 1.807) is 24.0 Å². The number of aromatic nitrogens is 1. The zero-order chi connectivity index (χ0) is 16.7. The number of hydrogen-bond donors (Lipinski definition) is 0. The number of pyridine rings is 1. The summed E-state index contributed by atoms with van der Waals surface area (Å²) in [6.45, 7) is 4.16. The summed E-state index contributed by atoms with van der Waals surface area (Å²) >= 11 is 1.62. The van der Waals surface area contributed by atoms with Crippen molar-refractivity contribution < 1.29 is 13.5 Å². The molecule has 2 rings (SSSR count). The third kappa shape index (κ3) is 4.93. The van der Waals surface area contributed by atoms with Crippen LogP contribution < -0.4 is 4.74 Å². The number of halogens is 2. The van der Waals surface area contributed by atoms with Crippen molar-refractivity contribution in [1.29, 1.82) is 0 Å². The minimum atomic E-state index is -0.653. The molecule has 23 heavy (non-hydrogen) atoms. The van der Waals surface area contributed by atoms with E-state index in [0.29, 0.717) is 12.0 Å². The first-order chi connectivity index (χ1) is 11.2. The van der Waals surface area contributed by atoms with Crippen LogP contribution in [0.1, 0.15) is 37.8 Å². The van der Waals surface area contributed by atoms with E-state index in [1.807, 2.05) is 13.0 Å². The first-order valence-electron chi connectivity index (χ1n) is 7.83. The SMILES string of the molecule is CCCSc1ncccc1COc1c(F)cc(CCC)cc1F. The molecule has 0 saturated carbocycles. The van der Waals surface area contributed by atoms with Gasteiger partial charge in [-0.2, -0.15) is 0 Å². The van der Waals surface area contributed by atoms with Gasteiger partial charge >= 0.3 is 0 Å². The van der Waals surface area contributed by atoms with Gasteiger partial charge in [-0.05, 0) is 42.4 Å². The summed E-state index contributed by atoms with van der Waals surface area (Å²) in [5.74, 6) is -0.682. The fourth-order valence-corrected chi connectivity index (χ4v) is 3.04. The Morgan fingerprint density at radius 3 is 2.52 bits per heavy atom. The number of thioether (sulfide) groups is 1. The van der Waals surface area contributed by atoms with Crippen LogP contribution in [0.2, 0.25) is 0 Å². The van der Waals surface area contributed by atoms with Crippen molar-refractivity contribution in [2.75, 3.05) is 5.75 Å². The van der Waals surface area contributed by atoms with Gasteiger partial charge in [0.15, 0.2) is 17.4 Å². The van der Waals surface area contributed by atoms with Gasteiger partial charge in [0.25, 0.3) is 0 Å². The first kappa shape index (κ1) is 17.7. The Bertz CT molecular complexity index is 626. The molecule has 1 heterocycles. The van der Waals surface area contributed by atoms with Crippen LogP contribution in [0.5, 0.6) is 5.75 Å². The smallest absolute Gasteiger partial charge is 0.191 e. The molecule has 0 atom stereocenters. The maximum Gasteiger partial charge on any atom is 0.191 e. The van der Waals surface area contributed by atoms with Crippen LogP contribution in [0.3, 0.4) is 0 Å². The molecular weight excluding hydrogens is 316 g/mol. The Hall–Kier alpha value is -1.62. The van der Waals surface area contributed by atoms with Crippen LogP contribution in [0.4, 0.5) is 8.78 Å². The van der Waals surface area contributed by atoms with Crippen LogP contribution in [0.25, 0.3) is 0 Å². The third-order valence-electron chi connectivity index (χ3n) is 3.26. The second-order valence-corrected chi connectivity index (χ2v) is 6.33. The molecule has 0 aliphatic rings. The molecule has 0 fully saturated rings. The highest BCUT2D eigenvalue weighted by atomic mass is 32.2. The van der Waals surface area contributed by atoms with Gasteiger partial charge in [-0.1, -0.05) is 26.3 Å². The molecule has 0 unspecified atom stereocenters. The summed E-state index contributed by atoms with van der Waals surface area (Å²) in [5.41, 5.74) is 1.48. The predicted octanol–water partition coefficient (Wildman–Crippen LogP) is 5.39. The number of nitrogens with zero attached hydrogens (tertiary/aromatic N) is 1. The average molecular weight is 337 g/mol. The molecule has 0 aliphatic heterocycles. The van der Waals surface area contributed by atoms with Crippen molar-refractivity contribution in [2.24, 2.45) is 0 Å². The van der Waals surface area contributed by atoms with Gasteiger partial charge in [0, 0.05) is 11.8 Å². The monoisotopic (exact) mass is 337 g/mol. The summed E-state index contributed by atoms with van der Waals surface area (Å²) in [5, 5.41) is 0.845. The van der Waals surface area contributed by atoms with Gasteiger partial charge in [-0.3, -0.25) is 0 Å². The summed E-state index contributed by atoms with van der Waals surface area (Å²) in [6.07, 6.45) is 4.23. The fourth-order valence-electron chi connectivity index (χ4n) is 2.20. The lowest BCUT2D eigenvalue weighted by Crippen LogP contribution is -2.03. The van der Waals surface area contributed by atoms with E-state index >= 15 is 0 Å². The average Bonchev–Trinajstić information content (AvgIpc) is 2.53. The number of ether oxygens (including phenoxy) is 1. The first-order valence-corrected chi connectivity index (χ1v) is 8.81. The molecule has 0 saturated heterocycles. The second kappa shape index (κ2) is 8.87. The Labute approximate surface area is 140 Å². The Morgan fingerprint density at radius 1 is 1.13 bits per heavy atom. The molecule has 0 aliphatic carbocycles. The van der Waals surface area contributed by atoms with Crippen LogP contribution in [-0.2, 0) is 13.0 Å². The highest BCUT2D eigenvalue weighted by Gasteiger charge is 2.14. The zero-order valence-corrected chi connectivity index (χ0v) is 14.3. The lowest BCUT2D eigenvalue weighted by molar-refractivity contribution is 0.270. The van der Waals surface area contributed by atoms with E-state index in [4.69, 9.17) is 4.74 Å². The number of rotatable bonds is 8. The Kier molecular flexibility index (Phi) is 6.84. The van der Waals surface area contributed by atoms with Crippen molar-refractivity contribution in [2.45, 2.75) is 44.7 Å². The van der Waals surface area contributed by atoms with E-state index in [2.05, 4.69) is 11.9 Å². The van der Waals surface area contributed by atoms with E-state index in [1.165, 1.54) is 12.1 Å². The van der Waals surface area contributed by atoms with Crippen LogP contribution in [0, 0.1) is 11.6 Å². The number of aryl methyl sites for hydroxylation is 1. The van der Waals surface area contributed by atoms with E-state index in [9.17, 15) is 8.78 Å². The van der Waals surface area contributed by atoms with Gasteiger partial charge in [0.05, 0.1) is 0 Å². The molecule has 2 aromatic rings. The van der Waals surface area contributed by atoms with Crippen molar-refractivity contribution in [3.63, 3.8) is 0 Å². The maximum atomic E-state index is 14.1. The number of benzene rings is 1. The molecule has 0 radical (unpaired) electrons. The largest absolute Gasteiger partial charge is 0.483 e. The molecule has 0 spiro atoms. The van der Waals surface area contributed by atoms with Gasteiger partial charge in [0.1, 0.15) is 11.6 Å². The quantitative estimate of drug-likeness (QED) is 0.603. The lowest BCUT2D eigenvalue weighted by Gasteiger charge is -2.12. The summed E-state index contributed by atoms with van der Waals surface area (Å²) < 4.78 is 33.5. The van der Waals surface area contributed by atoms with Gasteiger partial charge in [-0.15, -0.1) is 11.8 Å². The molecule has 124 valence electrons.